The molecule has 0 atom stereocenters. The number of imide groups is 1. The number of carbonyl (C=O) groups excluding carboxylic acids is 3. The molecule has 6 nitrogen and oxygen atoms in total. The molecule has 8 heteroatoms. The number of benzene rings is 1. The van der Waals surface area contributed by atoms with E-state index in [2.05, 4.69) is 5.32 Å². The van der Waals surface area contributed by atoms with Crippen LogP contribution in [0, 0.1) is 12.7 Å². The number of carbonyl (C=O) groups is 3. The highest BCUT2D eigenvalue weighted by atomic mass is 32.1. The van der Waals surface area contributed by atoms with Gasteiger partial charge in [-0.2, -0.15) is 0 Å². The van der Waals surface area contributed by atoms with E-state index in [-0.39, 0.29) is 4.88 Å². The third-order valence-corrected chi connectivity index (χ3v) is 4.25. The Morgan fingerprint density at radius 1 is 1.30 bits per heavy atom. The molecule has 0 radical (unpaired) electrons. The molecule has 0 saturated heterocycles. The molecule has 0 unspecified atom stereocenters. The number of urea groups is 1. The van der Waals surface area contributed by atoms with Crippen LogP contribution in [0.5, 0.6) is 0 Å². The molecule has 0 saturated carbocycles. The van der Waals surface area contributed by atoms with Gasteiger partial charge in [-0.1, -0.05) is 6.07 Å². The standard InChI is InChI=1S/C15H15FN2O4S/c1-3-17-15(21)18-11(19)7-22-14(20)13-8(2)12-9(16)5-4-6-10(12)23-13/h4-6H,3,7H2,1-2H3,(H2,17,18,19,21). The fraction of sp³-hybridized carbons (Fsp3) is 0.267. The first-order chi connectivity index (χ1) is 10.9. The van der Waals surface area contributed by atoms with Crippen molar-refractivity contribution in [2.45, 2.75) is 13.8 Å². The lowest BCUT2D eigenvalue weighted by Gasteiger charge is -2.05. The maximum Gasteiger partial charge on any atom is 0.349 e. The third kappa shape index (κ3) is 3.84. The number of hydrogen-bond acceptors (Lipinski definition) is 5. The van der Waals surface area contributed by atoms with Gasteiger partial charge >= 0.3 is 12.0 Å². The van der Waals surface area contributed by atoms with Crippen LogP contribution in [-0.2, 0) is 9.53 Å². The summed E-state index contributed by atoms with van der Waals surface area (Å²) in [6.07, 6.45) is 0. The number of halogens is 1. The minimum atomic E-state index is -0.741. The fourth-order valence-electron chi connectivity index (χ4n) is 2.01. The van der Waals surface area contributed by atoms with E-state index in [1.807, 2.05) is 5.32 Å². The average molecular weight is 338 g/mol. The van der Waals surface area contributed by atoms with Crippen molar-refractivity contribution < 1.29 is 23.5 Å². The number of aryl methyl sites for hydroxylation is 1. The van der Waals surface area contributed by atoms with Gasteiger partial charge in [0.05, 0.1) is 0 Å². The fourth-order valence-corrected chi connectivity index (χ4v) is 3.13. The quantitative estimate of drug-likeness (QED) is 0.838. The van der Waals surface area contributed by atoms with Crippen molar-refractivity contribution in [2.24, 2.45) is 0 Å². The van der Waals surface area contributed by atoms with Crippen molar-refractivity contribution in [3.63, 3.8) is 0 Å². The Balaban J connectivity index is 2.04. The van der Waals surface area contributed by atoms with Gasteiger partial charge in [0, 0.05) is 16.6 Å². The van der Waals surface area contributed by atoms with Crippen molar-refractivity contribution in [2.75, 3.05) is 13.2 Å². The highest BCUT2D eigenvalue weighted by Gasteiger charge is 2.20. The second-order valence-electron chi connectivity index (χ2n) is 4.65. The zero-order chi connectivity index (χ0) is 17.0. The van der Waals surface area contributed by atoms with E-state index in [4.69, 9.17) is 4.74 Å². The van der Waals surface area contributed by atoms with E-state index in [0.717, 1.165) is 11.3 Å². The van der Waals surface area contributed by atoms with Gasteiger partial charge in [-0.3, -0.25) is 10.1 Å². The molecule has 0 spiro atoms. The average Bonchev–Trinajstić information content (AvgIpc) is 2.83. The van der Waals surface area contributed by atoms with E-state index < -0.39 is 30.3 Å². The molecule has 0 bridgehead atoms. The predicted octanol–water partition coefficient (Wildman–Crippen LogP) is 2.35. The lowest BCUT2D eigenvalue weighted by molar-refractivity contribution is -0.123. The Kier molecular flexibility index (Phi) is 5.28. The van der Waals surface area contributed by atoms with Crippen LogP contribution in [-0.4, -0.2) is 31.1 Å². The van der Waals surface area contributed by atoms with Crippen molar-refractivity contribution in [3.05, 3.63) is 34.5 Å². The van der Waals surface area contributed by atoms with E-state index >= 15 is 0 Å². The topological polar surface area (TPSA) is 84.5 Å². The summed E-state index contributed by atoms with van der Waals surface area (Å²) in [5.74, 6) is -1.88. The van der Waals surface area contributed by atoms with E-state index in [9.17, 15) is 18.8 Å². The molecule has 2 aromatic rings. The summed E-state index contributed by atoms with van der Waals surface area (Å²) >= 11 is 1.09. The number of ether oxygens (including phenoxy) is 1. The van der Waals surface area contributed by atoms with E-state index in [1.54, 1.807) is 26.0 Å². The lowest BCUT2D eigenvalue weighted by atomic mass is 10.1. The molecule has 3 amide bonds. The normalized spacial score (nSPS) is 10.4. The first-order valence-corrected chi connectivity index (χ1v) is 7.68. The highest BCUT2D eigenvalue weighted by Crippen LogP contribution is 2.32. The molecular formula is C15H15FN2O4S. The summed E-state index contributed by atoms with van der Waals surface area (Å²) in [4.78, 5) is 34.9. The zero-order valence-electron chi connectivity index (χ0n) is 12.6. The summed E-state index contributed by atoms with van der Waals surface area (Å²) in [5, 5.41) is 4.76. The van der Waals surface area contributed by atoms with Gasteiger partial charge < -0.3 is 10.1 Å². The van der Waals surface area contributed by atoms with Crippen LogP contribution in [0.2, 0.25) is 0 Å². The van der Waals surface area contributed by atoms with E-state index in [1.165, 1.54) is 6.07 Å². The number of esters is 1. The Labute approximate surface area is 135 Å². The van der Waals surface area contributed by atoms with Gasteiger partial charge in [-0.15, -0.1) is 11.3 Å². The monoisotopic (exact) mass is 338 g/mol. The summed E-state index contributed by atoms with van der Waals surface area (Å²) in [7, 11) is 0. The maximum atomic E-state index is 13.8. The maximum absolute atomic E-state index is 13.8. The predicted molar refractivity (Wildman–Crippen MR) is 84.0 cm³/mol. The van der Waals surface area contributed by atoms with Crippen molar-refractivity contribution in [3.8, 4) is 0 Å². The van der Waals surface area contributed by atoms with Crippen molar-refractivity contribution >= 4 is 39.3 Å². The van der Waals surface area contributed by atoms with Crippen molar-refractivity contribution in [1.82, 2.24) is 10.6 Å². The molecule has 2 rings (SSSR count). The smallest absolute Gasteiger partial charge is 0.349 e. The lowest BCUT2D eigenvalue weighted by Crippen LogP contribution is -2.41. The van der Waals surface area contributed by atoms with Crippen LogP contribution < -0.4 is 10.6 Å². The number of hydrogen-bond donors (Lipinski definition) is 2. The Morgan fingerprint density at radius 3 is 2.70 bits per heavy atom. The summed E-state index contributed by atoms with van der Waals surface area (Å²) in [5.41, 5.74) is 0.470. The van der Waals surface area contributed by atoms with Crippen LogP contribution in [0.4, 0.5) is 9.18 Å². The Hall–Kier alpha value is -2.48. The molecule has 23 heavy (non-hydrogen) atoms. The molecule has 1 heterocycles. The Morgan fingerprint density at radius 2 is 2.04 bits per heavy atom. The van der Waals surface area contributed by atoms with Crippen LogP contribution in [0.1, 0.15) is 22.2 Å². The number of amides is 3. The van der Waals surface area contributed by atoms with Gasteiger partial charge in [0.25, 0.3) is 5.91 Å². The van der Waals surface area contributed by atoms with Crippen LogP contribution in [0.15, 0.2) is 18.2 Å². The summed E-state index contributed by atoms with van der Waals surface area (Å²) < 4.78 is 19.3. The molecule has 0 fully saturated rings. The zero-order valence-corrected chi connectivity index (χ0v) is 13.4. The summed E-state index contributed by atoms with van der Waals surface area (Å²) in [6, 6.07) is 3.92. The molecule has 1 aromatic carbocycles. The number of fused-ring (bicyclic) bond motifs is 1. The summed E-state index contributed by atoms with van der Waals surface area (Å²) in [6.45, 7) is 3.10. The second kappa shape index (κ2) is 7.19. The number of rotatable bonds is 4. The minimum absolute atomic E-state index is 0.232. The minimum Gasteiger partial charge on any atom is -0.451 e. The first-order valence-electron chi connectivity index (χ1n) is 6.86. The molecule has 1 aromatic heterocycles. The van der Waals surface area contributed by atoms with Gasteiger partial charge in [0.1, 0.15) is 10.7 Å². The third-order valence-electron chi connectivity index (χ3n) is 3.01. The molecule has 0 aliphatic carbocycles. The molecule has 0 aliphatic rings. The van der Waals surface area contributed by atoms with Gasteiger partial charge in [0.2, 0.25) is 0 Å². The van der Waals surface area contributed by atoms with Gasteiger partial charge in [-0.25, -0.2) is 14.0 Å². The van der Waals surface area contributed by atoms with Crippen LogP contribution in [0.25, 0.3) is 10.1 Å². The van der Waals surface area contributed by atoms with E-state index in [0.29, 0.717) is 22.2 Å². The van der Waals surface area contributed by atoms with Crippen LogP contribution in [0.3, 0.4) is 0 Å². The van der Waals surface area contributed by atoms with Gasteiger partial charge in [-0.05, 0) is 31.5 Å². The molecule has 0 aliphatic heterocycles. The number of thiophene rings is 1. The largest absolute Gasteiger partial charge is 0.451 e. The SMILES string of the molecule is CCNC(=O)NC(=O)COC(=O)c1sc2cccc(F)c2c1C. The van der Waals surface area contributed by atoms with Crippen molar-refractivity contribution in [1.29, 1.82) is 0 Å². The van der Waals surface area contributed by atoms with Crippen LogP contribution >= 0.6 is 11.3 Å². The molecular weight excluding hydrogens is 323 g/mol. The molecule has 122 valence electrons. The number of nitrogens with one attached hydrogen (secondary N) is 2. The highest BCUT2D eigenvalue weighted by molar-refractivity contribution is 7.21. The first kappa shape index (κ1) is 16.9. The second-order valence-corrected chi connectivity index (χ2v) is 5.71. The molecule has 2 N–H and O–H groups in total. The Bertz CT molecular complexity index is 772. The van der Waals surface area contributed by atoms with Gasteiger partial charge in [0.15, 0.2) is 6.61 Å².